The molecule has 24 heavy (non-hydrogen) atoms. The molecule has 0 saturated heterocycles. The molecule has 0 saturated carbocycles. The Morgan fingerprint density at radius 1 is 1.12 bits per heavy atom. The summed E-state index contributed by atoms with van der Waals surface area (Å²) in [6.07, 6.45) is 0. The lowest BCUT2D eigenvalue weighted by molar-refractivity contribution is 0.360. The fourth-order valence-electron chi connectivity index (χ4n) is 2.28. The fraction of sp³-hybridized carbons (Fsp3) is 0.412. The second-order valence-corrected chi connectivity index (χ2v) is 7.26. The predicted octanol–water partition coefficient (Wildman–Crippen LogP) is 3.87. The molecule has 6 nitrogen and oxygen atoms in total. The Kier molecular flexibility index (Phi) is 5.01. The molecule has 0 aliphatic heterocycles. The summed E-state index contributed by atoms with van der Waals surface area (Å²) in [4.78, 5) is 4.45. The first-order valence-electron chi connectivity index (χ1n) is 7.99. The van der Waals surface area contributed by atoms with E-state index in [0.717, 1.165) is 15.6 Å². The molecule has 0 bridgehead atoms. The Bertz CT molecular complexity index is 793. The molecule has 1 unspecified atom stereocenters. The molecule has 0 aliphatic carbocycles. The number of aromatic nitrogens is 4. The summed E-state index contributed by atoms with van der Waals surface area (Å²) in [6.45, 7) is 8.84. The van der Waals surface area contributed by atoms with Gasteiger partial charge in [-0.3, -0.25) is 5.32 Å². The van der Waals surface area contributed by atoms with Crippen LogP contribution in [0.15, 0.2) is 28.8 Å². The van der Waals surface area contributed by atoms with Crippen molar-refractivity contribution in [2.75, 3.05) is 0 Å². The van der Waals surface area contributed by atoms with E-state index in [1.54, 1.807) is 11.3 Å². The standard InChI is InChI=1S/C17H21N5OS/c1-10(2)13-5-7-14(8-6-13)16-19-15(23-22-16)9-18-11(3)17-21-20-12(4)24-17/h5-8,10-11,18H,9H2,1-4H3. The van der Waals surface area contributed by atoms with Gasteiger partial charge in [-0.05, 0) is 25.3 Å². The highest BCUT2D eigenvalue weighted by Crippen LogP contribution is 2.21. The molecular formula is C17H21N5OS. The highest BCUT2D eigenvalue weighted by Gasteiger charge is 2.13. The van der Waals surface area contributed by atoms with Crippen LogP contribution in [0.2, 0.25) is 0 Å². The van der Waals surface area contributed by atoms with Crippen LogP contribution in [0.4, 0.5) is 0 Å². The van der Waals surface area contributed by atoms with E-state index in [-0.39, 0.29) is 6.04 Å². The first kappa shape index (κ1) is 16.7. The zero-order valence-corrected chi connectivity index (χ0v) is 15.1. The maximum Gasteiger partial charge on any atom is 0.240 e. The van der Waals surface area contributed by atoms with Gasteiger partial charge in [0.1, 0.15) is 10.0 Å². The maximum absolute atomic E-state index is 5.33. The highest BCUT2D eigenvalue weighted by atomic mass is 32.1. The van der Waals surface area contributed by atoms with Gasteiger partial charge in [0.05, 0.1) is 12.6 Å². The summed E-state index contributed by atoms with van der Waals surface area (Å²) in [5.74, 6) is 1.68. The van der Waals surface area contributed by atoms with Gasteiger partial charge in [-0.2, -0.15) is 4.98 Å². The molecule has 3 rings (SSSR count). The van der Waals surface area contributed by atoms with Crippen LogP contribution in [0.3, 0.4) is 0 Å². The van der Waals surface area contributed by atoms with E-state index >= 15 is 0 Å². The third-order valence-corrected chi connectivity index (χ3v) is 4.80. The molecule has 7 heteroatoms. The number of hydrogen-bond donors (Lipinski definition) is 1. The van der Waals surface area contributed by atoms with Crippen LogP contribution in [0.25, 0.3) is 11.4 Å². The van der Waals surface area contributed by atoms with Crippen LogP contribution in [-0.2, 0) is 6.54 Å². The van der Waals surface area contributed by atoms with Gasteiger partial charge in [0.25, 0.3) is 0 Å². The minimum Gasteiger partial charge on any atom is -0.338 e. The SMILES string of the molecule is Cc1nnc(C(C)NCc2nc(-c3ccc(C(C)C)cc3)no2)s1. The maximum atomic E-state index is 5.33. The van der Waals surface area contributed by atoms with E-state index in [2.05, 4.69) is 51.6 Å². The van der Waals surface area contributed by atoms with Crippen LogP contribution in [0.5, 0.6) is 0 Å². The van der Waals surface area contributed by atoms with E-state index in [9.17, 15) is 0 Å². The molecule has 1 atom stereocenters. The van der Waals surface area contributed by atoms with Gasteiger partial charge in [-0.15, -0.1) is 21.5 Å². The third-order valence-electron chi connectivity index (χ3n) is 3.78. The van der Waals surface area contributed by atoms with Crippen LogP contribution < -0.4 is 5.32 Å². The highest BCUT2D eigenvalue weighted by molar-refractivity contribution is 7.11. The molecule has 0 spiro atoms. The van der Waals surface area contributed by atoms with E-state index in [1.165, 1.54) is 5.56 Å². The van der Waals surface area contributed by atoms with Gasteiger partial charge < -0.3 is 4.52 Å². The zero-order valence-electron chi connectivity index (χ0n) is 14.3. The Morgan fingerprint density at radius 2 is 1.88 bits per heavy atom. The normalized spacial score (nSPS) is 12.7. The second-order valence-electron chi connectivity index (χ2n) is 6.05. The van der Waals surface area contributed by atoms with Gasteiger partial charge in [-0.25, -0.2) is 0 Å². The Hall–Kier alpha value is -2.12. The number of hydrogen-bond acceptors (Lipinski definition) is 7. The molecule has 2 heterocycles. The summed E-state index contributed by atoms with van der Waals surface area (Å²) in [5, 5.41) is 17.5. The van der Waals surface area contributed by atoms with Crippen molar-refractivity contribution in [2.45, 2.75) is 46.2 Å². The lowest BCUT2D eigenvalue weighted by atomic mass is 10.0. The van der Waals surface area contributed by atoms with Crippen molar-refractivity contribution in [3.8, 4) is 11.4 Å². The molecule has 0 radical (unpaired) electrons. The predicted molar refractivity (Wildman–Crippen MR) is 93.7 cm³/mol. The van der Waals surface area contributed by atoms with Gasteiger partial charge in [0.2, 0.25) is 11.7 Å². The van der Waals surface area contributed by atoms with Crippen LogP contribution in [0.1, 0.15) is 54.2 Å². The quantitative estimate of drug-likeness (QED) is 0.732. The minimum atomic E-state index is 0.0943. The molecule has 3 aromatic rings. The van der Waals surface area contributed by atoms with E-state index in [0.29, 0.717) is 24.2 Å². The largest absolute Gasteiger partial charge is 0.338 e. The van der Waals surface area contributed by atoms with Crippen molar-refractivity contribution in [3.05, 3.63) is 45.7 Å². The number of rotatable bonds is 6. The molecule has 0 aliphatic rings. The van der Waals surface area contributed by atoms with Crippen LogP contribution in [-0.4, -0.2) is 20.3 Å². The minimum absolute atomic E-state index is 0.0943. The second kappa shape index (κ2) is 7.19. The summed E-state index contributed by atoms with van der Waals surface area (Å²) < 4.78 is 5.33. The first-order valence-corrected chi connectivity index (χ1v) is 8.81. The van der Waals surface area contributed by atoms with E-state index < -0.39 is 0 Å². The van der Waals surface area contributed by atoms with Gasteiger partial charge in [0.15, 0.2) is 0 Å². The van der Waals surface area contributed by atoms with Crippen molar-refractivity contribution >= 4 is 11.3 Å². The van der Waals surface area contributed by atoms with Crippen molar-refractivity contribution in [2.24, 2.45) is 0 Å². The van der Waals surface area contributed by atoms with Crippen molar-refractivity contribution in [1.29, 1.82) is 0 Å². The third kappa shape index (κ3) is 3.85. The number of aryl methyl sites for hydroxylation is 1. The molecule has 2 aromatic heterocycles. The average molecular weight is 343 g/mol. The Labute approximate surface area is 145 Å². The average Bonchev–Trinajstić information content (AvgIpc) is 3.22. The summed E-state index contributed by atoms with van der Waals surface area (Å²) in [7, 11) is 0. The lowest BCUT2D eigenvalue weighted by Gasteiger charge is -2.07. The molecule has 0 amide bonds. The topological polar surface area (TPSA) is 76.7 Å². The smallest absolute Gasteiger partial charge is 0.240 e. The Balaban J connectivity index is 1.63. The summed E-state index contributed by atoms with van der Waals surface area (Å²) >= 11 is 1.59. The molecule has 1 aromatic carbocycles. The molecule has 0 fully saturated rings. The van der Waals surface area contributed by atoms with Crippen molar-refractivity contribution in [1.82, 2.24) is 25.7 Å². The number of benzene rings is 1. The van der Waals surface area contributed by atoms with Crippen molar-refractivity contribution in [3.63, 3.8) is 0 Å². The van der Waals surface area contributed by atoms with Crippen LogP contribution >= 0.6 is 11.3 Å². The number of nitrogens with one attached hydrogen (secondary N) is 1. The van der Waals surface area contributed by atoms with Gasteiger partial charge in [-0.1, -0.05) is 43.3 Å². The molecular weight excluding hydrogens is 322 g/mol. The fourth-order valence-corrected chi connectivity index (χ4v) is 3.00. The molecule has 1 N–H and O–H groups in total. The summed E-state index contributed by atoms with van der Waals surface area (Å²) in [5.41, 5.74) is 2.26. The van der Waals surface area contributed by atoms with Gasteiger partial charge >= 0.3 is 0 Å². The zero-order chi connectivity index (χ0) is 17.1. The van der Waals surface area contributed by atoms with Crippen LogP contribution in [0, 0.1) is 6.92 Å². The monoisotopic (exact) mass is 343 g/mol. The van der Waals surface area contributed by atoms with Gasteiger partial charge in [0, 0.05) is 5.56 Å². The Morgan fingerprint density at radius 3 is 2.50 bits per heavy atom. The van der Waals surface area contributed by atoms with E-state index in [1.807, 2.05) is 26.0 Å². The van der Waals surface area contributed by atoms with Crippen molar-refractivity contribution < 1.29 is 4.52 Å². The number of nitrogens with zero attached hydrogens (tertiary/aromatic N) is 4. The first-order chi connectivity index (χ1) is 11.5. The van der Waals surface area contributed by atoms with E-state index in [4.69, 9.17) is 4.52 Å². The lowest BCUT2D eigenvalue weighted by Crippen LogP contribution is -2.18. The molecule has 126 valence electrons. The summed E-state index contributed by atoms with van der Waals surface area (Å²) in [6, 6.07) is 8.37.